The molecule has 6 nitrogen and oxygen atoms in total. The van der Waals surface area contributed by atoms with Gasteiger partial charge in [-0.15, -0.1) is 0 Å². The number of carbonyl (C=O) groups is 2. The Bertz CT molecular complexity index is 466. The number of hydrogen-bond acceptors (Lipinski definition) is 4. The summed E-state index contributed by atoms with van der Waals surface area (Å²) in [5, 5.41) is 20.2. The molecule has 6 heteroatoms. The average Bonchev–Trinajstić information content (AvgIpc) is 2.38. The average molecular weight is 265 g/mol. The third-order valence-corrected chi connectivity index (χ3v) is 2.34. The summed E-state index contributed by atoms with van der Waals surface area (Å²) in [6.07, 6.45) is 1.77. The van der Waals surface area contributed by atoms with E-state index in [9.17, 15) is 9.59 Å². The van der Waals surface area contributed by atoms with Crippen LogP contribution in [-0.2, 0) is 14.3 Å². The zero-order valence-electron chi connectivity index (χ0n) is 10.4. The Hall–Kier alpha value is -2.34. The van der Waals surface area contributed by atoms with Gasteiger partial charge in [-0.2, -0.15) is 0 Å². The van der Waals surface area contributed by atoms with Crippen molar-refractivity contribution >= 4 is 18.0 Å². The minimum absolute atomic E-state index is 0.107. The van der Waals surface area contributed by atoms with E-state index < -0.39 is 18.0 Å². The number of carboxylic acids is 1. The van der Waals surface area contributed by atoms with Gasteiger partial charge in [-0.05, 0) is 23.8 Å². The van der Waals surface area contributed by atoms with Crippen molar-refractivity contribution in [3.63, 3.8) is 0 Å². The first-order valence-corrected chi connectivity index (χ1v) is 5.53. The van der Waals surface area contributed by atoms with Crippen molar-refractivity contribution in [2.75, 3.05) is 13.7 Å². The number of benzene rings is 1. The third-order valence-electron chi connectivity index (χ3n) is 2.34. The molecule has 19 heavy (non-hydrogen) atoms. The Morgan fingerprint density at radius 1 is 1.37 bits per heavy atom. The minimum atomic E-state index is -1.13. The molecule has 1 rings (SSSR count). The maximum Gasteiger partial charge on any atom is 0.334 e. The van der Waals surface area contributed by atoms with Crippen LogP contribution in [0.25, 0.3) is 6.08 Å². The molecule has 0 saturated heterocycles. The van der Waals surface area contributed by atoms with Crippen molar-refractivity contribution in [1.29, 1.82) is 0 Å². The second kappa shape index (κ2) is 7.17. The molecule has 0 spiro atoms. The molecular weight excluding hydrogens is 250 g/mol. The first-order valence-electron chi connectivity index (χ1n) is 5.53. The molecule has 0 radical (unpaired) electrons. The number of aliphatic carboxylic acids is 1. The molecule has 1 amide bonds. The van der Waals surface area contributed by atoms with Gasteiger partial charge >= 0.3 is 5.97 Å². The fraction of sp³-hybridized carbons (Fsp3) is 0.231. The highest BCUT2D eigenvalue weighted by Gasteiger charge is 2.16. The van der Waals surface area contributed by atoms with Crippen LogP contribution in [-0.4, -0.2) is 41.8 Å². The maximum absolute atomic E-state index is 11.4. The van der Waals surface area contributed by atoms with Gasteiger partial charge in [0.25, 0.3) is 0 Å². The predicted octanol–water partition coefficient (Wildman–Crippen LogP) is 0.621. The number of carboxylic acid groups (broad SMARTS) is 1. The molecule has 0 aliphatic carbocycles. The lowest BCUT2D eigenvalue weighted by molar-refractivity contribution is -0.148. The van der Waals surface area contributed by atoms with Crippen molar-refractivity contribution in [3.8, 4) is 5.75 Å². The van der Waals surface area contributed by atoms with E-state index in [4.69, 9.17) is 10.2 Å². The molecule has 3 N–H and O–H groups in total. The van der Waals surface area contributed by atoms with Gasteiger partial charge in [0.1, 0.15) is 5.75 Å². The summed E-state index contributed by atoms with van der Waals surface area (Å²) in [4.78, 5) is 22.1. The normalized spacial score (nSPS) is 12.3. The molecule has 0 saturated carbocycles. The highest BCUT2D eigenvalue weighted by atomic mass is 16.5. The van der Waals surface area contributed by atoms with Gasteiger partial charge in [-0.3, -0.25) is 4.79 Å². The van der Waals surface area contributed by atoms with Crippen LogP contribution in [0.2, 0.25) is 0 Å². The monoisotopic (exact) mass is 265 g/mol. The summed E-state index contributed by atoms with van der Waals surface area (Å²) in [6, 6.07) is 6.30. The van der Waals surface area contributed by atoms with Gasteiger partial charge in [0, 0.05) is 13.2 Å². The lowest BCUT2D eigenvalue weighted by atomic mass is 10.2. The summed E-state index contributed by atoms with van der Waals surface area (Å²) in [6.45, 7) is -0.107. The molecule has 0 heterocycles. The Morgan fingerprint density at radius 2 is 2.00 bits per heavy atom. The number of phenolic OH excluding ortho intramolecular Hbond substituents is 1. The molecule has 1 atom stereocenters. The van der Waals surface area contributed by atoms with E-state index in [1.807, 2.05) is 0 Å². The van der Waals surface area contributed by atoms with Gasteiger partial charge in [0.15, 0.2) is 6.10 Å². The van der Waals surface area contributed by atoms with Crippen LogP contribution in [0.3, 0.4) is 0 Å². The molecule has 1 unspecified atom stereocenters. The van der Waals surface area contributed by atoms with Crippen molar-refractivity contribution in [2.45, 2.75) is 6.10 Å². The van der Waals surface area contributed by atoms with Crippen LogP contribution in [0.5, 0.6) is 5.75 Å². The van der Waals surface area contributed by atoms with Gasteiger partial charge in [-0.25, -0.2) is 4.79 Å². The fourth-order valence-electron chi connectivity index (χ4n) is 1.28. The first-order chi connectivity index (χ1) is 9.02. The lowest BCUT2D eigenvalue weighted by Crippen LogP contribution is -2.37. The van der Waals surface area contributed by atoms with Crippen LogP contribution < -0.4 is 5.32 Å². The number of carbonyl (C=O) groups excluding carboxylic acids is 1. The van der Waals surface area contributed by atoms with Crippen molar-refractivity contribution in [1.82, 2.24) is 5.32 Å². The Labute approximate surface area is 110 Å². The minimum Gasteiger partial charge on any atom is -0.508 e. The van der Waals surface area contributed by atoms with Crippen molar-refractivity contribution < 1.29 is 24.5 Å². The molecule has 0 aromatic heterocycles. The van der Waals surface area contributed by atoms with E-state index in [0.717, 1.165) is 5.56 Å². The van der Waals surface area contributed by atoms with Crippen LogP contribution in [0.4, 0.5) is 0 Å². The summed E-state index contributed by atoms with van der Waals surface area (Å²) in [5.74, 6) is -1.41. The van der Waals surface area contributed by atoms with E-state index in [1.54, 1.807) is 18.2 Å². The molecule has 1 aromatic carbocycles. The number of ether oxygens (including phenoxy) is 1. The summed E-state index contributed by atoms with van der Waals surface area (Å²) in [7, 11) is 1.26. The molecule has 102 valence electrons. The summed E-state index contributed by atoms with van der Waals surface area (Å²) >= 11 is 0. The number of rotatable bonds is 6. The van der Waals surface area contributed by atoms with Crippen LogP contribution in [0.1, 0.15) is 5.56 Å². The molecule has 1 aromatic rings. The van der Waals surface area contributed by atoms with Crippen molar-refractivity contribution in [2.24, 2.45) is 0 Å². The van der Waals surface area contributed by atoms with Crippen molar-refractivity contribution in [3.05, 3.63) is 35.9 Å². The zero-order valence-corrected chi connectivity index (χ0v) is 10.4. The van der Waals surface area contributed by atoms with E-state index in [-0.39, 0.29) is 12.3 Å². The maximum atomic E-state index is 11.4. The molecular formula is C13H15NO5. The lowest BCUT2D eigenvalue weighted by Gasteiger charge is -2.09. The van der Waals surface area contributed by atoms with Gasteiger partial charge in [0.2, 0.25) is 5.91 Å². The highest BCUT2D eigenvalue weighted by molar-refractivity contribution is 5.92. The largest absolute Gasteiger partial charge is 0.508 e. The summed E-state index contributed by atoms with van der Waals surface area (Å²) in [5.41, 5.74) is 0.745. The number of methoxy groups -OCH3 is 1. The first kappa shape index (κ1) is 14.7. The van der Waals surface area contributed by atoms with Gasteiger partial charge in [0.05, 0.1) is 6.54 Å². The number of hydrogen-bond donors (Lipinski definition) is 3. The topological polar surface area (TPSA) is 95.9 Å². The fourth-order valence-corrected chi connectivity index (χ4v) is 1.28. The van der Waals surface area contributed by atoms with Crippen LogP contribution in [0.15, 0.2) is 30.3 Å². The predicted molar refractivity (Wildman–Crippen MR) is 68.6 cm³/mol. The zero-order chi connectivity index (χ0) is 14.3. The standard InChI is InChI=1S/C13H15NO5/c1-19-11(13(17)18)8-14-12(16)7-4-9-2-5-10(15)6-3-9/h2-7,11,15H,8H2,1H3,(H,14,16)(H,17,18)/b7-4+. The Kier molecular flexibility index (Phi) is 5.56. The molecule has 0 aliphatic heterocycles. The number of phenols is 1. The Morgan fingerprint density at radius 3 is 2.53 bits per heavy atom. The number of nitrogens with one attached hydrogen (secondary N) is 1. The van der Waals surface area contributed by atoms with Crippen LogP contribution >= 0.6 is 0 Å². The second-order valence-electron chi connectivity index (χ2n) is 3.73. The third kappa shape index (κ3) is 5.22. The van der Waals surface area contributed by atoms with Gasteiger partial charge < -0.3 is 20.3 Å². The number of amides is 1. The quantitative estimate of drug-likeness (QED) is 0.655. The molecule has 0 aliphatic rings. The second-order valence-corrected chi connectivity index (χ2v) is 3.73. The van der Waals surface area contributed by atoms with E-state index >= 15 is 0 Å². The molecule has 0 fully saturated rings. The number of aromatic hydroxyl groups is 1. The van der Waals surface area contributed by atoms with Crippen LogP contribution in [0, 0.1) is 0 Å². The smallest absolute Gasteiger partial charge is 0.334 e. The highest BCUT2D eigenvalue weighted by Crippen LogP contribution is 2.10. The Balaban J connectivity index is 2.47. The van der Waals surface area contributed by atoms with E-state index in [0.29, 0.717) is 0 Å². The molecule has 0 bridgehead atoms. The SMILES string of the molecule is COC(CNC(=O)/C=C/c1ccc(O)cc1)C(=O)O. The summed E-state index contributed by atoms with van der Waals surface area (Å²) < 4.78 is 4.67. The van der Waals surface area contributed by atoms with Gasteiger partial charge in [-0.1, -0.05) is 12.1 Å². The van der Waals surface area contributed by atoms with E-state index in [2.05, 4.69) is 10.1 Å². The van der Waals surface area contributed by atoms with E-state index in [1.165, 1.54) is 25.3 Å².